The van der Waals surface area contributed by atoms with Gasteiger partial charge in [0.25, 0.3) is 0 Å². The Bertz CT molecular complexity index is 516. The summed E-state index contributed by atoms with van der Waals surface area (Å²) in [7, 11) is 1.30. The lowest BCUT2D eigenvalue weighted by Crippen LogP contribution is -2.42. The average Bonchev–Trinajstić information content (AvgIpc) is 2.43. The summed E-state index contributed by atoms with van der Waals surface area (Å²) >= 11 is 0. The first-order chi connectivity index (χ1) is 10.1. The van der Waals surface area contributed by atoms with E-state index < -0.39 is 17.8 Å². The number of halogens is 3. The Kier molecular flexibility index (Phi) is 6.08. The minimum Gasteiger partial charge on any atom is -0.497 e. The molecule has 0 bridgehead atoms. The second kappa shape index (κ2) is 7.38. The van der Waals surface area contributed by atoms with Gasteiger partial charge in [0, 0.05) is 12.6 Å². The van der Waals surface area contributed by atoms with Crippen LogP contribution in [0.15, 0.2) is 18.2 Å². The first-order valence-electron chi connectivity index (χ1n) is 6.93. The quantitative estimate of drug-likeness (QED) is 0.872. The van der Waals surface area contributed by atoms with Crippen molar-refractivity contribution in [3.63, 3.8) is 0 Å². The van der Waals surface area contributed by atoms with Crippen LogP contribution in [0.3, 0.4) is 0 Å². The molecular formula is C15H21F3N2O2. The van der Waals surface area contributed by atoms with Crippen LogP contribution in [0, 0.1) is 5.92 Å². The Morgan fingerprint density at radius 3 is 2.41 bits per heavy atom. The maximum absolute atomic E-state index is 13.0. The van der Waals surface area contributed by atoms with Crippen molar-refractivity contribution < 1.29 is 22.7 Å². The molecule has 0 spiro atoms. The number of hydrogen-bond donors (Lipinski definition) is 2. The number of nitrogens with one attached hydrogen (secondary N) is 2. The maximum atomic E-state index is 13.0. The molecule has 7 heteroatoms. The van der Waals surface area contributed by atoms with Crippen LogP contribution in [0.4, 0.5) is 18.0 Å². The molecule has 4 nitrogen and oxygen atoms in total. The third-order valence-corrected chi connectivity index (χ3v) is 3.42. The zero-order valence-electron chi connectivity index (χ0n) is 13.0. The highest BCUT2D eigenvalue weighted by Crippen LogP contribution is 2.34. The Morgan fingerprint density at radius 1 is 1.27 bits per heavy atom. The zero-order chi connectivity index (χ0) is 16.9. The molecule has 22 heavy (non-hydrogen) atoms. The van der Waals surface area contributed by atoms with Gasteiger partial charge in [0.05, 0.1) is 12.7 Å². The molecule has 1 aromatic carbocycles. The minimum absolute atomic E-state index is 0.0133. The monoisotopic (exact) mass is 318 g/mol. The number of carbonyl (C=O) groups excluding carboxylic acids is 1. The third-order valence-electron chi connectivity index (χ3n) is 3.42. The van der Waals surface area contributed by atoms with Gasteiger partial charge >= 0.3 is 12.2 Å². The van der Waals surface area contributed by atoms with Crippen LogP contribution in [0.25, 0.3) is 0 Å². The summed E-state index contributed by atoms with van der Waals surface area (Å²) in [5.74, 6) is 0.353. The van der Waals surface area contributed by atoms with E-state index in [0.29, 0.717) is 0 Å². The van der Waals surface area contributed by atoms with Crippen molar-refractivity contribution in [1.82, 2.24) is 10.6 Å². The predicted octanol–water partition coefficient (Wildman–Crippen LogP) is 3.56. The molecule has 0 saturated carbocycles. The van der Waals surface area contributed by atoms with Crippen molar-refractivity contribution in [1.29, 1.82) is 0 Å². The molecule has 1 rings (SSSR count). The number of carbonyl (C=O) groups is 1. The number of benzene rings is 1. The normalized spacial score (nSPS) is 12.9. The topological polar surface area (TPSA) is 50.4 Å². The number of ether oxygens (including phenoxy) is 1. The molecule has 0 aromatic heterocycles. The van der Waals surface area contributed by atoms with E-state index >= 15 is 0 Å². The second-order valence-electron chi connectivity index (χ2n) is 5.38. The summed E-state index contributed by atoms with van der Waals surface area (Å²) in [5.41, 5.74) is -0.829. The summed E-state index contributed by atoms with van der Waals surface area (Å²) in [6, 6.07) is 3.09. The van der Waals surface area contributed by atoms with Crippen molar-refractivity contribution in [2.24, 2.45) is 5.92 Å². The fourth-order valence-corrected chi connectivity index (χ4v) is 1.70. The van der Waals surface area contributed by atoms with Crippen LogP contribution in [0.2, 0.25) is 0 Å². The van der Waals surface area contributed by atoms with Crippen molar-refractivity contribution >= 4 is 6.03 Å². The molecule has 1 atom stereocenters. The van der Waals surface area contributed by atoms with Gasteiger partial charge in [0.2, 0.25) is 0 Å². The van der Waals surface area contributed by atoms with E-state index in [1.807, 2.05) is 20.8 Å². The van der Waals surface area contributed by atoms with Gasteiger partial charge in [-0.25, -0.2) is 4.79 Å². The van der Waals surface area contributed by atoms with E-state index in [0.717, 1.165) is 6.07 Å². The van der Waals surface area contributed by atoms with Crippen molar-refractivity contribution in [3.8, 4) is 5.75 Å². The van der Waals surface area contributed by atoms with Gasteiger partial charge in [-0.1, -0.05) is 19.9 Å². The van der Waals surface area contributed by atoms with Crippen LogP contribution >= 0.6 is 0 Å². The van der Waals surface area contributed by atoms with E-state index in [-0.39, 0.29) is 29.8 Å². The molecule has 1 aromatic rings. The number of rotatable bonds is 5. The molecule has 0 heterocycles. The number of alkyl halides is 3. The number of amides is 2. The lowest BCUT2D eigenvalue weighted by molar-refractivity contribution is -0.138. The SMILES string of the molecule is COc1ccc(CNC(=O)NC(C)C(C)C)c(C(F)(F)F)c1. The molecule has 0 aliphatic rings. The lowest BCUT2D eigenvalue weighted by atomic mass is 10.1. The predicted molar refractivity (Wildman–Crippen MR) is 77.7 cm³/mol. The average molecular weight is 318 g/mol. The lowest BCUT2D eigenvalue weighted by Gasteiger charge is -2.19. The van der Waals surface area contributed by atoms with Gasteiger partial charge in [-0.3, -0.25) is 0 Å². The zero-order valence-corrected chi connectivity index (χ0v) is 13.0. The van der Waals surface area contributed by atoms with Crippen LogP contribution in [-0.2, 0) is 12.7 Å². The number of methoxy groups -OCH3 is 1. The number of urea groups is 1. The summed E-state index contributed by atoms with van der Waals surface area (Å²) < 4.78 is 43.9. The van der Waals surface area contributed by atoms with Gasteiger partial charge in [0.1, 0.15) is 5.75 Å². The van der Waals surface area contributed by atoms with Gasteiger partial charge in [0.15, 0.2) is 0 Å². The second-order valence-corrected chi connectivity index (χ2v) is 5.38. The molecule has 2 amide bonds. The molecule has 1 unspecified atom stereocenters. The van der Waals surface area contributed by atoms with Crippen molar-refractivity contribution in [3.05, 3.63) is 29.3 Å². The minimum atomic E-state index is -4.51. The van der Waals surface area contributed by atoms with Crippen LogP contribution < -0.4 is 15.4 Å². The van der Waals surface area contributed by atoms with E-state index in [1.165, 1.54) is 19.2 Å². The van der Waals surface area contributed by atoms with Gasteiger partial charge in [-0.05, 0) is 30.5 Å². The van der Waals surface area contributed by atoms with E-state index in [1.54, 1.807) is 0 Å². The Balaban J connectivity index is 2.79. The highest BCUT2D eigenvalue weighted by molar-refractivity contribution is 5.74. The molecule has 0 aliphatic heterocycles. The summed E-state index contributed by atoms with van der Waals surface area (Å²) in [6.07, 6.45) is -4.51. The fraction of sp³-hybridized carbons (Fsp3) is 0.533. The maximum Gasteiger partial charge on any atom is 0.416 e. The highest BCUT2D eigenvalue weighted by atomic mass is 19.4. The first-order valence-corrected chi connectivity index (χ1v) is 6.93. The third kappa shape index (κ3) is 5.13. The largest absolute Gasteiger partial charge is 0.497 e. The fourth-order valence-electron chi connectivity index (χ4n) is 1.70. The summed E-state index contributed by atoms with van der Waals surface area (Å²) in [6.45, 7) is 5.50. The first kappa shape index (κ1) is 18.1. The Morgan fingerprint density at radius 2 is 1.91 bits per heavy atom. The van der Waals surface area contributed by atoms with Gasteiger partial charge in [-0.2, -0.15) is 13.2 Å². The standard InChI is InChI=1S/C15H21F3N2O2/c1-9(2)10(3)20-14(21)19-8-11-5-6-12(22-4)7-13(11)15(16,17)18/h5-7,9-10H,8H2,1-4H3,(H2,19,20,21). The number of hydrogen-bond acceptors (Lipinski definition) is 2. The molecule has 0 saturated heterocycles. The summed E-state index contributed by atoms with van der Waals surface area (Å²) in [5, 5.41) is 5.12. The molecule has 0 aliphatic carbocycles. The van der Waals surface area contributed by atoms with Gasteiger partial charge < -0.3 is 15.4 Å². The molecular weight excluding hydrogens is 297 g/mol. The van der Waals surface area contributed by atoms with Gasteiger partial charge in [-0.15, -0.1) is 0 Å². The van der Waals surface area contributed by atoms with E-state index in [2.05, 4.69) is 10.6 Å². The van der Waals surface area contributed by atoms with Crippen LogP contribution in [-0.4, -0.2) is 19.2 Å². The van der Waals surface area contributed by atoms with Crippen molar-refractivity contribution in [2.75, 3.05) is 7.11 Å². The van der Waals surface area contributed by atoms with Crippen molar-refractivity contribution in [2.45, 2.75) is 39.5 Å². The molecule has 2 N–H and O–H groups in total. The molecule has 0 fully saturated rings. The smallest absolute Gasteiger partial charge is 0.416 e. The summed E-state index contributed by atoms with van der Waals surface area (Å²) in [4.78, 5) is 11.7. The van der Waals surface area contributed by atoms with Crippen LogP contribution in [0.5, 0.6) is 5.75 Å². The van der Waals surface area contributed by atoms with E-state index in [4.69, 9.17) is 4.74 Å². The molecule has 0 radical (unpaired) electrons. The van der Waals surface area contributed by atoms with E-state index in [9.17, 15) is 18.0 Å². The molecule has 124 valence electrons. The van der Waals surface area contributed by atoms with Crippen LogP contribution in [0.1, 0.15) is 31.9 Å². The Labute approximate surface area is 128 Å². The Hall–Kier alpha value is -1.92. The highest BCUT2D eigenvalue weighted by Gasteiger charge is 2.33.